The maximum atomic E-state index is 13.4. The summed E-state index contributed by atoms with van der Waals surface area (Å²) in [6, 6.07) is 4.03. The highest BCUT2D eigenvalue weighted by Gasteiger charge is 2.39. The van der Waals surface area contributed by atoms with E-state index >= 15 is 0 Å². The van der Waals surface area contributed by atoms with E-state index < -0.39 is 17.8 Å². The van der Waals surface area contributed by atoms with Gasteiger partial charge in [-0.15, -0.1) is 10.2 Å². The molecule has 5 nitrogen and oxygen atoms in total. The van der Waals surface area contributed by atoms with Crippen molar-refractivity contribution in [2.75, 3.05) is 17.2 Å². The second kappa shape index (κ2) is 4.61. The molecule has 0 saturated carbocycles. The molecule has 0 amide bonds. The number of fused-ring (bicyclic) bond motifs is 1. The van der Waals surface area contributed by atoms with Gasteiger partial charge in [0.05, 0.1) is 6.54 Å². The summed E-state index contributed by atoms with van der Waals surface area (Å²) in [6.07, 6.45) is -4.53. The van der Waals surface area contributed by atoms with Crippen LogP contribution in [0.15, 0.2) is 18.2 Å². The zero-order valence-corrected chi connectivity index (χ0v) is 10.7. The van der Waals surface area contributed by atoms with E-state index in [1.165, 1.54) is 12.1 Å². The van der Waals surface area contributed by atoms with Crippen LogP contribution in [0.5, 0.6) is 0 Å². The Kier molecular flexibility index (Phi) is 2.99. The van der Waals surface area contributed by atoms with E-state index in [0.717, 1.165) is 4.57 Å². The first-order valence-corrected chi connectivity index (χ1v) is 6.15. The molecule has 3 rings (SSSR count). The fraction of sp³-hybridized carbons (Fsp3) is 0.333. The van der Waals surface area contributed by atoms with Gasteiger partial charge < -0.3 is 15.2 Å². The van der Waals surface area contributed by atoms with Crippen molar-refractivity contribution in [1.29, 1.82) is 0 Å². The smallest absolute Gasteiger partial charge is 0.399 e. The van der Waals surface area contributed by atoms with E-state index in [2.05, 4.69) is 10.2 Å². The lowest BCUT2D eigenvalue weighted by molar-refractivity contribution is -0.147. The Morgan fingerprint density at radius 1 is 1.10 bits per heavy atom. The van der Waals surface area contributed by atoms with Crippen LogP contribution < -0.4 is 10.6 Å². The van der Waals surface area contributed by atoms with Gasteiger partial charge in [-0.25, -0.2) is 4.39 Å². The summed E-state index contributed by atoms with van der Waals surface area (Å²) < 4.78 is 52.6. The van der Waals surface area contributed by atoms with Crippen LogP contribution in [0.2, 0.25) is 0 Å². The lowest BCUT2D eigenvalue weighted by atomic mass is 10.2. The predicted octanol–water partition coefficient (Wildman–Crippen LogP) is 2.04. The van der Waals surface area contributed by atoms with E-state index in [4.69, 9.17) is 5.73 Å². The fourth-order valence-corrected chi connectivity index (χ4v) is 2.37. The summed E-state index contributed by atoms with van der Waals surface area (Å²) in [5.41, 5.74) is 6.34. The number of hydrogen-bond donors (Lipinski definition) is 1. The summed E-state index contributed by atoms with van der Waals surface area (Å²) >= 11 is 0. The minimum atomic E-state index is -4.53. The van der Waals surface area contributed by atoms with E-state index in [-0.39, 0.29) is 31.1 Å². The van der Waals surface area contributed by atoms with Crippen molar-refractivity contribution in [3.8, 4) is 0 Å². The molecule has 1 aromatic carbocycles. The van der Waals surface area contributed by atoms with Crippen molar-refractivity contribution in [2.24, 2.45) is 0 Å². The molecule has 21 heavy (non-hydrogen) atoms. The van der Waals surface area contributed by atoms with Crippen LogP contribution in [0.4, 0.5) is 28.9 Å². The first-order chi connectivity index (χ1) is 9.84. The van der Waals surface area contributed by atoms with Gasteiger partial charge in [0.1, 0.15) is 5.82 Å². The summed E-state index contributed by atoms with van der Waals surface area (Å²) in [5.74, 6) is -1.31. The highest BCUT2D eigenvalue weighted by Crippen LogP contribution is 2.30. The van der Waals surface area contributed by atoms with Gasteiger partial charge in [-0.1, -0.05) is 0 Å². The molecule has 0 bridgehead atoms. The summed E-state index contributed by atoms with van der Waals surface area (Å²) in [5, 5.41) is 6.76. The predicted molar refractivity (Wildman–Crippen MR) is 66.9 cm³/mol. The largest absolute Gasteiger partial charge is 0.451 e. The molecule has 0 saturated heterocycles. The average Bonchev–Trinajstić information content (AvgIpc) is 2.80. The molecule has 1 aromatic heterocycles. The molecular weight excluding hydrogens is 290 g/mol. The topological polar surface area (TPSA) is 60.0 Å². The molecule has 0 unspecified atom stereocenters. The second-order valence-corrected chi connectivity index (χ2v) is 4.75. The standard InChI is InChI=1S/C12H11F4N5/c13-7-3-8(17)5-9(4-7)20-1-2-21-10(6-20)18-19-11(21)12(14,15)16/h3-5H,1-2,6,17H2. The number of nitrogen functional groups attached to an aromatic ring is 1. The maximum absolute atomic E-state index is 13.4. The molecule has 2 aromatic rings. The SMILES string of the molecule is Nc1cc(F)cc(N2CCn3c(nnc3C(F)(F)F)C2)c1. The number of halogens is 4. The highest BCUT2D eigenvalue weighted by atomic mass is 19.4. The first kappa shape index (κ1) is 13.7. The number of anilines is 2. The van der Waals surface area contributed by atoms with Crippen LogP contribution in [0.1, 0.15) is 11.6 Å². The number of aromatic nitrogens is 3. The minimum absolute atomic E-state index is 0.0770. The zero-order chi connectivity index (χ0) is 15.2. The Hall–Kier alpha value is -2.32. The molecule has 0 aliphatic carbocycles. The summed E-state index contributed by atoms with van der Waals surface area (Å²) in [7, 11) is 0. The fourth-order valence-electron chi connectivity index (χ4n) is 2.37. The van der Waals surface area contributed by atoms with Crippen LogP contribution in [0.25, 0.3) is 0 Å². The van der Waals surface area contributed by atoms with Gasteiger partial charge in [-0.3, -0.25) is 0 Å². The quantitative estimate of drug-likeness (QED) is 0.647. The van der Waals surface area contributed by atoms with Crippen molar-refractivity contribution in [1.82, 2.24) is 14.8 Å². The van der Waals surface area contributed by atoms with Crippen LogP contribution in [-0.2, 0) is 19.3 Å². The van der Waals surface area contributed by atoms with Gasteiger partial charge in [-0.2, -0.15) is 13.2 Å². The Morgan fingerprint density at radius 3 is 2.52 bits per heavy atom. The van der Waals surface area contributed by atoms with Crippen LogP contribution in [0.3, 0.4) is 0 Å². The summed E-state index contributed by atoms with van der Waals surface area (Å²) in [6.45, 7) is 0.483. The molecule has 9 heteroatoms. The Morgan fingerprint density at radius 2 is 1.86 bits per heavy atom. The van der Waals surface area contributed by atoms with Crippen molar-refractivity contribution < 1.29 is 17.6 Å². The molecule has 0 atom stereocenters. The molecule has 0 fully saturated rings. The second-order valence-electron chi connectivity index (χ2n) is 4.75. The van der Waals surface area contributed by atoms with Crippen molar-refractivity contribution >= 4 is 11.4 Å². The summed E-state index contributed by atoms with van der Waals surface area (Å²) in [4.78, 5) is 1.71. The normalized spacial score (nSPS) is 15.1. The van der Waals surface area contributed by atoms with Crippen LogP contribution >= 0.6 is 0 Å². The van der Waals surface area contributed by atoms with E-state index in [1.54, 1.807) is 11.0 Å². The number of rotatable bonds is 1. The van der Waals surface area contributed by atoms with Gasteiger partial charge in [0, 0.05) is 24.5 Å². The minimum Gasteiger partial charge on any atom is -0.399 e. The molecule has 112 valence electrons. The third-order valence-electron chi connectivity index (χ3n) is 3.28. The third kappa shape index (κ3) is 2.50. The van der Waals surface area contributed by atoms with Gasteiger partial charge in [0.25, 0.3) is 0 Å². The molecule has 2 N–H and O–H groups in total. The van der Waals surface area contributed by atoms with Gasteiger partial charge in [-0.05, 0) is 18.2 Å². The lowest BCUT2D eigenvalue weighted by Crippen LogP contribution is -2.35. The van der Waals surface area contributed by atoms with Gasteiger partial charge >= 0.3 is 6.18 Å². The molecule has 0 spiro atoms. The molecule has 0 radical (unpaired) electrons. The number of benzene rings is 1. The highest BCUT2D eigenvalue weighted by molar-refractivity contribution is 5.56. The first-order valence-electron chi connectivity index (χ1n) is 6.15. The van der Waals surface area contributed by atoms with Gasteiger partial charge in [0.15, 0.2) is 5.82 Å². The molecule has 1 aliphatic rings. The molecule has 1 aliphatic heterocycles. The number of alkyl halides is 3. The number of hydrogen-bond acceptors (Lipinski definition) is 4. The Bertz CT molecular complexity index is 659. The maximum Gasteiger partial charge on any atom is 0.451 e. The molecular formula is C12H11F4N5. The third-order valence-corrected chi connectivity index (χ3v) is 3.28. The number of nitrogens with two attached hydrogens (primary N) is 1. The average molecular weight is 301 g/mol. The van der Waals surface area contributed by atoms with Crippen LogP contribution in [-0.4, -0.2) is 21.3 Å². The van der Waals surface area contributed by atoms with Gasteiger partial charge in [0.2, 0.25) is 5.82 Å². The van der Waals surface area contributed by atoms with Crippen LogP contribution in [0, 0.1) is 5.82 Å². The monoisotopic (exact) mass is 301 g/mol. The van der Waals surface area contributed by atoms with Crippen molar-refractivity contribution in [3.63, 3.8) is 0 Å². The zero-order valence-electron chi connectivity index (χ0n) is 10.7. The van der Waals surface area contributed by atoms with E-state index in [0.29, 0.717) is 5.69 Å². The van der Waals surface area contributed by atoms with E-state index in [9.17, 15) is 17.6 Å². The van der Waals surface area contributed by atoms with E-state index in [1.807, 2.05) is 0 Å². The lowest BCUT2D eigenvalue weighted by Gasteiger charge is -2.30. The van der Waals surface area contributed by atoms with Crippen molar-refractivity contribution in [3.05, 3.63) is 35.7 Å². The number of nitrogens with zero attached hydrogens (tertiary/aromatic N) is 4. The Labute approximate surface area is 117 Å². The van der Waals surface area contributed by atoms with Crippen molar-refractivity contribution in [2.45, 2.75) is 19.3 Å². The Balaban J connectivity index is 1.90. The molecule has 2 heterocycles.